The van der Waals surface area contributed by atoms with E-state index >= 15 is 0 Å². The third-order valence-corrected chi connectivity index (χ3v) is 4.50. The number of nitrogens with one attached hydrogen (secondary N) is 2. The number of benzene rings is 2. The van der Waals surface area contributed by atoms with E-state index in [-0.39, 0.29) is 18.0 Å². The second-order valence-electron chi connectivity index (χ2n) is 6.99. The molecule has 0 fully saturated rings. The van der Waals surface area contributed by atoms with E-state index in [0.717, 1.165) is 16.8 Å². The number of carbonyl (C=O) groups excluding carboxylic acids is 1. The van der Waals surface area contributed by atoms with Gasteiger partial charge in [0.1, 0.15) is 6.54 Å². The molecule has 1 aromatic heterocycles. The second-order valence-corrected chi connectivity index (χ2v) is 6.99. The van der Waals surface area contributed by atoms with Crippen LogP contribution < -0.4 is 16.2 Å². The molecular formula is C22H24N4O2. The van der Waals surface area contributed by atoms with Crippen molar-refractivity contribution in [1.29, 1.82) is 0 Å². The second kappa shape index (κ2) is 8.08. The predicted molar refractivity (Wildman–Crippen MR) is 112 cm³/mol. The largest absolute Gasteiger partial charge is 0.326 e. The highest BCUT2D eigenvalue weighted by atomic mass is 16.2. The van der Waals surface area contributed by atoms with Crippen LogP contribution in [0.1, 0.15) is 22.4 Å². The van der Waals surface area contributed by atoms with Crippen LogP contribution in [-0.4, -0.2) is 15.5 Å². The molecule has 0 bridgehead atoms. The van der Waals surface area contributed by atoms with E-state index in [1.165, 1.54) is 16.2 Å². The molecule has 28 heavy (non-hydrogen) atoms. The Labute approximate surface area is 164 Å². The number of hydrogen-bond acceptors (Lipinski definition) is 4. The van der Waals surface area contributed by atoms with Gasteiger partial charge in [0.05, 0.1) is 0 Å². The van der Waals surface area contributed by atoms with E-state index in [1.807, 2.05) is 63.2 Å². The van der Waals surface area contributed by atoms with E-state index in [4.69, 9.17) is 0 Å². The van der Waals surface area contributed by atoms with Crippen molar-refractivity contribution in [3.8, 4) is 0 Å². The topological polar surface area (TPSA) is 76.0 Å². The molecule has 6 nitrogen and oxygen atoms in total. The van der Waals surface area contributed by atoms with Crippen molar-refractivity contribution in [3.05, 3.63) is 81.3 Å². The summed E-state index contributed by atoms with van der Waals surface area (Å²) in [6, 6.07) is 14.9. The highest BCUT2D eigenvalue weighted by molar-refractivity contribution is 5.90. The molecule has 2 N–H and O–H groups in total. The van der Waals surface area contributed by atoms with Crippen molar-refractivity contribution in [2.45, 2.75) is 34.2 Å². The minimum Gasteiger partial charge on any atom is -0.326 e. The first-order valence-corrected chi connectivity index (χ1v) is 9.11. The van der Waals surface area contributed by atoms with E-state index in [0.29, 0.717) is 17.3 Å². The average molecular weight is 376 g/mol. The van der Waals surface area contributed by atoms with Crippen LogP contribution in [-0.2, 0) is 11.3 Å². The molecule has 0 aliphatic carbocycles. The number of nitrogens with zero attached hydrogens (tertiary/aromatic N) is 2. The van der Waals surface area contributed by atoms with Gasteiger partial charge in [-0.05, 0) is 68.7 Å². The van der Waals surface area contributed by atoms with Crippen LogP contribution in [0.25, 0.3) is 0 Å². The van der Waals surface area contributed by atoms with Crippen molar-refractivity contribution < 1.29 is 4.79 Å². The Morgan fingerprint density at radius 1 is 0.964 bits per heavy atom. The van der Waals surface area contributed by atoms with Gasteiger partial charge in [-0.15, -0.1) is 0 Å². The lowest BCUT2D eigenvalue weighted by Crippen LogP contribution is -2.30. The Hall–Kier alpha value is -3.41. The number of carbonyl (C=O) groups is 1. The van der Waals surface area contributed by atoms with Crippen LogP contribution in [0.15, 0.2) is 53.3 Å². The molecule has 0 spiro atoms. The van der Waals surface area contributed by atoms with E-state index < -0.39 is 0 Å². The number of rotatable bonds is 5. The van der Waals surface area contributed by atoms with Gasteiger partial charge in [0, 0.05) is 23.1 Å². The van der Waals surface area contributed by atoms with Crippen molar-refractivity contribution >= 4 is 23.2 Å². The van der Waals surface area contributed by atoms with Crippen LogP contribution in [0, 0.1) is 27.7 Å². The first-order chi connectivity index (χ1) is 13.3. The highest BCUT2D eigenvalue weighted by Gasteiger charge is 2.12. The van der Waals surface area contributed by atoms with Crippen molar-refractivity contribution in [2.24, 2.45) is 0 Å². The normalized spacial score (nSPS) is 10.6. The SMILES string of the molecule is Cc1cccc(NC(=O)Cn2c(Nc3ccc(C)c(C)c3)nc(C)cc2=O)c1. The maximum Gasteiger partial charge on any atom is 0.255 e. The van der Waals surface area contributed by atoms with Gasteiger partial charge in [-0.1, -0.05) is 18.2 Å². The zero-order valence-electron chi connectivity index (χ0n) is 16.5. The summed E-state index contributed by atoms with van der Waals surface area (Å²) in [4.78, 5) is 29.5. The molecule has 0 atom stereocenters. The molecule has 0 saturated carbocycles. The Kier molecular flexibility index (Phi) is 5.59. The Bertz CT molecular complexity index is 1090. The summed E-state index contributed by atoms with van der Waals surface area (Å²) in [5, 5.41) is 6.00. The number of amides is 1. The fraction of sp³-hybridized carbons (Fsp3) is 0.227. The average Bonchev–Trinajstić information content (AvgIpc) is 2.61. The quantitative estimate of drug-likeness (QED) is 0.709. The summed E-state index contributed by atoms with van der Waals surface area (Å²) in [7, 11) is 0. The lowest BCUT2D eigenvalue weighted by molar-refractivity contribution is -0.116. The molecule has 2 aromatic carbocycles. The predicted octanol–water partition coefficient (Wildman–Crippen LogP) is 3.86. The molecule has 0 radical (unpaired) electrons. The summed E-state index contributed by atoms with van der Waals surface area (Å²) >= 11 is 0. The molecular weight excluding hydrogens is 352 g/mol. The monoisotopic (exact) mass is 376 g/mol. The van der Waals surface area contributed by atoms with Gasteiger partial charge in [0.2, 0.25) is 11.9 Å². The molecule has 1 heterocycles. The maximum absolute atomic E-state index is 12.5. The summed E-state index contributed by atoms with van der Waals surface area (Å²) in [6.07, 6.45) is 0. The zero-order valence-corrected chi connectivity index (χ0v) is 16.5. The first kappa shape index (κ1) is 19.4. The van der Waals surface area contributed by atoms with Gasteiger partial charge in [-0.3, -0.25) is 14.2 Å². The molecule has 144 valence electrons. The van der Waals surface area contributed by atoms with Crippen LogP contribution in [0.2, 0.25) is 0 Å². The van der Waals surface area contributed by atoms with E-state index in [9.17, 15) is 9.59 Å². The van der Waals surface area contributed by atoms with E-state index in [2.05, 4.69) is 15.6 Å². The third kappa shape index (κ3) is 4.65. The summed E-state index contributed by atoms with van der Waals surface area (Å²) in [5.41, 5.74) is 5.17. The Morgan fingerprint density at radius 3 is 2.46 bits per heavy atom. The van der Waals surface area contributed by atoms with Crippen LogP contribution in [0.4, 0.5) is 17.3 Å². The molecule has 0 unspecified atom stereocenters. The van der Waals surface area contributed by atoms with Crippen molar-refractivity contribution in [2.75, 3.05) is 10.6 Å². The lowest BCUT2D eigenvalue weighted by Gasteiger charge is -2.15. The molecule has 3 rings (SSSR count). The minimum absolute atomic E-state index is 0.132. The van der Waals surface area contributed by atoms with E-state index in [1.54, 1.807) is 6.92 Å². The number of aromatic nitrogens is 2. The third-order valence-electron chi connectivity index (χ3n) is 4.50. The summed E-state index contributed by atoms with van der Waals surface area (Å²) in [6.45, 7) is 7.63. The fourth-order valence-corrected chi connectivity index (χ4v) is 2.88. The van der Waals surface area contributed by atoms with Gasteiger partial charge in [0.25, 0.3) is 5.56 Å². The van der Waals surface area contributed by atoms with Gasteiger partial charge >= 0.3 is 0 Å². The lowest BCUT2D eigenvalue weighted by atomic mass is 10.1. The highest BCUT2D eigenvalue weighted by Crippen LogP contribution is 2.18. The van der Waals surface area contributed by atoms with Crippen molar-refractivity contribution in [1.82, 2.24) is 9.55 Å². The molecule has 1 amide bonds. The Balaban J connectivity index is 1.86. The summed E-state index contributed by atoms with van der Waals surface area (Å²) in [5.74, 6) is 0.0501. The van der Waals surface area contributed by atoms with Crippen LogP contribution in [0.3, 0.4) is 0 Å². The number of anilines is 3. The molecule has 6 heteroatoms. The maximum atomic E-state index is 12.5. The van der Waals surface area contributed by atoms with Gasteiger partial charge in [0.15, 0.2) is 0 Å². The zero-order chi connectivity index (χ0) is 20.3. The smallest absolute Gasteiger partial charge is 0.255 e. The van der Waals surface area contributed by atoms with Gasteiger partial charge in [-0.2, -0.15) is 0 Å². The summed E-state index contributed by atoms with van der Waals surface area (Å²) < 4.78 is 1.34. The first-order valence-electron chi connectivity index (χ1n) is 9.11. The number of aryl methyl sites for hydroxylation is 4. The van der Waals surface area contributed by atoms with Crippen LogP contribution in [0.5, 0.6) is 0 Å². The molecule has 0 aliphatic heterocycles. The Morgan fingerprint density at radius 2 is 1.75 bits per heavy atom. The minimum atomic E-state index is -0.290. The molecule has 3 aromatic rings. The molecule has 0 aliphatic rings. The number of hydrogen-bond donors (Lipinski definition) is 2. The van der Waals surface area contributed by atoms with Crippen molar-refractivity contribution in [3.63, 3.8) is 0 Å². The van der Waals surface area contributed by atoms with Gasteiger partial charge in [-0.25, -0.2) is 4.98 Å². The van der Waals surface area contributed by atoms with Gasteiger partial charge < -0.3 is 10.6 Å². The molecule has 0 saturated heterocycles. The van der Waals surface area contributed by atoms with Crippen LogP contribution >= 0.6 is 0 Å². The standard InChI is InChI=1S/C22H24N4O2/c1-14-6-5-7-18(10-14)24-20(27)13-26-21(28)12-17(4)23-22(26)25-19-9-8-15(2)16(3)11-19/h5-12H,13H2,1-4H3,(H,23,25)(H,24,27). The fourth-order valence-electron chi connectivity index (χ4n) is 2.88.